The fourth-order valence-electron chi connectivity index (χ4n) is 3.83. The number of carbonyl (C=O) groups is 1. The van der Waals surface area contributed by atoms with Crippen molar-refractivity contribution < 1.29 is 9.18 Å². The maximum absolute atomic E-state index is 13.7. The minimum absolute atomic E-state index is 0.0265. The van der Waals surface area contributed by atoms with E-state index in [1.165, 1.54) is 23.4 Å². The lowest BCUT2D eigenvalue weighted by molar-refractivity contribution is 0.0951. The van der Waals surface area contributed by atoms with Crippen LogP contribution < -0.4 is 10.3 Å². The van der Waals surface area contributed by atoms with Gasteiger partial charge in [0.05, 0.1) is 17.3 Å². The van der Waals surface area contributed by atoms with Crippen LogP contribution >= 0.6 is 0 Å². The number of hydrazone groups is 1. The largest absolute Gasteiger partial charge is 0.363 e. The van der Waals surface area contributed by atoms with E-state index in [-0.39, 0.29) is 11.1 Å². The van der Waals surface area contributed by atoms with Crippen molar-refractivity contribution in [3.05, 3.63) is 70.5 Å². The van der Waals surface area contributed by atoms with Crippen molar-refractivity contribution in [2.24, 2.45) is 5.10 Å². The molecule has 1 N–H and O–H groups in total. The Morgan fingerprint density at radius 2 is 1.96 bits per heavy atom. The first kappa shape index (κ1) is 19.8. The normalized spacial score (nSPS) is 15.4. The van der Waals surface area contributed by atoms with Crippen molar-refractivity contribution in [1.29, 1.82) is 0 Å². The number of amides is 1. The van der Waals surface area contributed by atoms with Crippen molar-refractivity contribution >= 4 is 23.4 Å². The van der Waals surface area contributed by atoms with Gasteiger partial charge < -0.3 is 4.90 Å². The van der Waals surface area contributed by atoms with Crippen LogP contribution in [0.3, 0.4) is 0 Å². The Morgan fingerprint density at radius 1 is 1.25 bits per heavy atom. The molecular formula is C23H26FN3O. The van der Waals surface area contributed by atoms with E-state index in [9.17, 15) is 9.18 Å². The molecule has 0 bridgehead atoms. The summed E-state index contributed by atoms with van der Waals surface area (Å²) in [5.74, 6) is -1.14. The molecule has 0 unspecified atom stereocenters. The molecule has 2 aromatic carbocycles. The molecule has 5 heteroatoms. The van der Waals surface area contributed by atoms with Crippen LogP contribution in [0.5, 0.6) is 0 Å². The monoisotopic (exact) mass is 379 g/mol. The number of benzene rings is 2. The fourth-order valence-corrected chi connectivity index (χ4v) is 3.83. The smallest absolute Gasteiger partial charge is 0.274 e. The summed E-state index contributed by atoms with van der Waals surface area (Å²) in [4.78, 5) is 14.5. The molecule has 28 heavy (non-hydrogen) atoms. The Kier molecular flexibility index (Phi) is 5.36. The molecule has 0 saturated carbocycles. The molecule has 1 amide bonds. The minimum Gasteiger partial charge on any atom is -0.363 e. The van der Waals surface area contributed by atoms with Gasteiger partial charge in [0, 0.05) is 17.8 Å². The molecule has 0 fully saturated rings. The fraction of sp³-hybridized carbons (Fsp3) is 0.304. The molecule has 0 saturated heterocycles. The van der Waals surface area contributed by atoms with Gasteiger partial charge in [-0.25, -0.2) is 9.82 Å². The van der Waals surface area contributed by atoms with Crippen LogP contribution in [0.2, 0.25) is 0 Å². The van der Waals surface area contributed by atoms with E-state index in [0.717, 1.165) is 23.2 Å². The second kappa shape index (κ2) is 7.58. The average Bonchev–Trinajstić information content (AvgIpc) is 2.62. The molecule has 0 aromatic heterocycles. The quantitative estimate of drug-likeness (QED) is 0.605. The summed E-state index contributed by atoms with van der Waals surface area (Å²) in [6.45, 7) is 11.6. The van der Waals surface area contributed by atoms with Gasteiger partial charge in [-0.2, -0.15) is 5.10 Å². The van der Waals surface area contributed by atoms with Gasteiger partial charge in [-0.05, 0) is 75.6 Å². The summed E-state index contributed by atoms with van der Waals surface area (Å²) < 4.78 is 13.7. The van der Waals surface area contributed by atoms with E-state index >= 15 is 0 Å². The first-order valence-corrected chi connectivity index (χ1v) is 9.44. The zero-order valence-corrected chi connectivity index (χ0v) is 17.0. The third kappa shape index (κ3) is 3.70. The highest BCUT2D eigenvalue weighted by molar-refractivity contribution is 5.95. The molecule has 0 atom stereocenters. The van der Waals surface area contributed by atoms with E-state index in [1.807, 2.05) is 6.92 Å². The average molecular weight is 379 g/mol. The van der Waals surface area contributed by atoms with Crippen LogP contribution in [0.4, 0.5) is 10.1 Å². The van der Waals surface area contributed by atoms with Crippen LogP contribution in [0.25, 0.3) is 5.57 Å². The standard InChI is InChI=1S/C23H26FN3O/c1-6-27-21-11-15(2)17(12-19(21)16(3)13-23(27,4)5)14-25-26-22(28)18-9-7-8-10-20(18)24/h7-14H,6H2,1-5H3,(H,26,28)/b25-14+. The molecule has 0 spiro atoms. The highest BCUT2D eigenvalue weighted by Crippen LogP contribution is 2.39. The summed E-state index contributed by atoms with van der Waals surface area (Å²) in [7, 11) is 0. The highest BCUT2D eigenvalue weighted by atomic mass is 19.1. The number of rotatable bonds is 4. The predicted octanol–water partition coefficient (Wildman–Crippen LogP) is 4.92. The van der Waals surface area contributed by atoms with Crippen molar-refractivity contribution in [2.45, 2.75) is 40.2 Å². The second-order valence-corrected chi connectivity index (χ2v) is 7.63. The van der Waals surface area contributed by atoms with Crippen LogP contribution in [-0.2, 0) is 0 Å². The summed E-state index contributed by atoms with van der Waals surface area (Å²) in [5.41, 5.74) is 7.90. The van der Waals surface area contributed by atoms with Gasteiger partial charge in [-0.15, -0.1) is 0 Å². The molecule has 2 aromatic rings. The van der Waals surface area contributed by atoms with E-state index in [2.05, 4.69) is 61.3 Å². The number of carbonyl (C=O) groups excluding carboxylic acids is 1. The Morgan fingerprint density at radius 3 is 2.64 bits per heavy atom. The summed E-state index contributed by atoms with van der Waals surface area (Å²) in [6.07, 6.45) is 3.88. The number of hydrogen-bond donors (Lipinski definition) is 1. The topological polar surface area (TPSA) is 44.7 Å². The lowest BCUT2D eigenvalue weighted by Gasteiger charge is -2.43. The lowest BCUT2D eigenvalue weighted by Crippen LogP contribution is -2.45. The molecule has 1 heterocycles. The Bertz CT molecular complexity index is 976. The van der Waals surface area contributed by atoms with Gasteiger partial charge in [0.15, 0.2) is 0 Å². The molecule has 4 nitrogen and oxygen atoms in total. The molecule has 146 valence electrons. The number of hydrogen-bond acceptors (Lipinski definition) is 3. The molecule has 0 radical (unpaired) electrons. The molecule has 1 aliphatic rings. The number of nitrogens with zero attached hydrogens (tertiary/aromatic N) is 2. The van der Waals surface area contributed by atoms with Crippen molar-refractivity contribution in [1.82, 2.24) is 5.43 Å². The van der Waals surface area contributed by atoms with E-state index in [4.69, 9.17) is 0 Å². The van der Waals surface area contributed by atoms with Crippen molar-refractivity contribution in [2.75, 3.05) is 11.4 Å². The van der Waals surface area contributed by atoms with E-state index in [0.29, 0.717) is 0 Å². The van der Waals surface area contributed by atoms with Crippen molar-refractivity contribution in [3.8, 4) is 0 Å². The summed E-state index contributed by atoms with van der Waals surface area (Å²) in [6, 6.07) is 10.1. The van der Waals surface area contributed by atoms with Gasteiger partial charge in [0.25, 0.3) is 5.91 Å². The van der Waals surface area contributed by atoms with E-state index in [1.54, 1.807) is 18.3 Å². The second-order valence-electron chi connectivity index (χ2n) is 7.63. The number of allylic oxidation sites excluding steroid dienone is 1. The number of likely N-dealkylation sites (N-methyl/N-ethyl adjacent to an activating group) is 1. The Labute approximate surface area is 165 Å². The molecule has 0 aliphatic carbocycles. The Balaban J connectivity index is 1.87. The van der Waals surface area contributed by atoms with Crippen LogP contribution in [0.1, 0.15) is 54.7 Å². The maximum Gasteiger partial charge on any atom is 0.274 e. The predicted molar refractivity (Wildman–Crippen MR) is 113 cm³/mol. The van der Waals surface area contributed by atoms with Gasteiger partial charge in [0.2, 0.25) is 0 Å². The highest BCUT2D eigenvalue weighted by Gasteiger charge is 2.30. The Hall–Kier alpha value is -2.95. The van der Waals surface area contributed by atoms with Crippen molar-refractivity contribution in [3.63, 3.8) is 0 Å². The number of halogens is 1. The van der Waals surface area contributed by atoms with Gasteiger partial charge in [-0.1, -0.05) is 18.2 Å². The summed E-state index contributed by atoms with van der Waals surface area (Å²) in [5, 5.41) is 4.04. The zero-order chi connectivity index (χ0) is 20.5. The maximum atomic E-state index is 13.7. The number of aryl methyl sites for hydroxylation is 1. The van der Waals surface area contributed by atoms with Crippen LogP contribution in [0, 0.1) is 12.7 Å². The zero-order valence-electron chi connectivity index (χ0n) is 17.0. The summed E-state index contributed by atoms with van der Waals surface area (Å²) >= 11 is 0. The SMILES string of the molecule is CCN1c2cc(C)c(/C=N/NC(=O)c3ccccc3F)cc2C(C)=CC1(C)C. The van der Waals surface area contributed by atoms with Crippen LogP contribution in [0.15, 0.2) is 47.6 Å². The molecular weight excluding hydrogens is 353 g/mol. The van der Waals surface area contributed by atoms with Crippen LogP contribution in [-0.4, -0.2) is 24.2 Å². The number of anilines is 1. The van der Waals surface area contributed by atoms with E-state index < -0.39 is 11.7 Å². The van der Waals surface area contributed by atoms with Gasteiger partial charge in [-0.3, -0.25) is 4.79 Å². The first-order chi connectivity index (χ1) is 13.2. The van der Waals surface area contributed by atoms with Gasteiger partial charge in [0.1, 0.15) is 5.82 Å². The number of nitrogens with one attached hydrogen (secondary N) is 1. The molecule has 3 rings (SSSR count). The lowest BCUT2D eigenvalue weighted by atomic mass is 9.87. The third-order valence-corrected chi connectivity index (χ3v) is 5.17. The number of fused-ring (bicyclic) bond motifs is 1. The minimum atomic E-state index is -0.569. The molecule has 1 aliphatic heterocycles. The van der Waals surface area contributed by atoms with Gasteiger partial charge >= 0.3 is 0 Å². The third-order valence-electron chi connectivity index (χ3n) is 5.17. The first-order valence-electron chi connectivity index (χ1n) is 9.44.